The molecule has 0 aliphatic rings. The van der Waals surface area contributed by atoms with E-state index in [2.05, 4.69) is 0 Å². The molecule has 0 unspecified atom stereocenters. The van der Waals surface area contributed by atoms with Crippen LogP contribution in [0, 0.1) is 0 Å². The van der Waals surface area contributed by atoms with Crippen LogP contribution in [0.15, 0.2) is 0 Å². The van der Waals surface area contributed by atoms with Crippen LogP contribution >= 0.6 is 7.82 Å². The standard InChI is InChI=1S/ClH.H3O4P.2Sn/c;1-5(2,3)4;;/h1H;(H3,1,2,3,4);;/q;;2*+2/p-4. The first kappa shape index (κ1) is 22.5. The van der Waals surface area contributed by atoms with Gasteiger partial charge in [-0.1, -0.05) is 0 Å². The summed E-state index contributed by atoms with van der Waals surface area (Å²) in [6, 6.07) is 0. The molecule has 0 aromatic carbocycles. The Morgan fingerprint density at radius 2 is 1.00 bits per heavy atom. The molecule has 0 spiro atoms. The first-order chi connectivity index (χ1) is 2.00. The molecule has 0 saturated heterocycles. The van der Waals surface area contributed by atoms with Gasteiger partial charge in [-0.15, -0.1) is 0 Å². The van der Waals surface area contributed by atoms with Gasteiger partial charge in [0.05, 0.1) is 0 Å². The van der Waals surface area contributed by atoms with Gasteiger partial charge in [-0.25, -0.2) is 0 Å². The maximum absolute atomic E-state index is 8.55. The van der Waals surface area contributed by atoms with Crippen molar-refractivity contribution in [3.8, 4) is 0 Å². The molecular formula is ClO4PSn2. The first-order valence-corrected chi connectivity index (χ1v) is 2.19. The molecule has 0 heterocycles. The van der Waals surface area contributed by atoms with Crippen molar-refractivity contribution >= 4 is 55.6 Å². The Balaban J connectivity index is -0.0000000267. The van der Waals surface area contributed by atoms with Crippen LogP contribution in [0.3, 0.4) is 0 Å². The minimum atomic E-state index is -5.39. The fourth-order valence-electron chi connectivity index (χ4n) is 0. The smallest absolute Gasteiger partial charge is 1.00 e. The monoisotopic (exact) mass is 370 g/mol. The van der Waals surface area contributed by atoms with Gasteiger partial charge in [-0.3, -0.25) is 0 Å². The second-order valence-corrected chi connectivity index (χ2v) is 1.34. The molecule has 0 aromatic heterocycles. The fraction of sp³-hybridized carbons (Fsp3) is 0. The van der Waals surface area contributed by atoms with Crippen molar-refractivity contribution in [1.29, 1.82) is 0 Å². The number of rotatable bonds is 0. The van der Waals surface area contributed by atoms with E-state index in [1.165, 1.54) is 0 Å². The zero-order valence-corrected chi connectivity index (χ0v) is 10.8. The third-order valence-corrected chi connectivity index (χ3v) is 0. The molecule has 0 bridgehead atoms. The third kappa shape index (κ3) is 98.2. The van der Waals surface area contributed by atoms with Crippen LogP contribution in [-0.4, -0.2) is 47.8 Å². The summed E-state index contributed by atoms with van der Waals surface area (Å²) in [7, 11) is -5.39. The summed E-state index contributed by atoms with van der Waals surface area (Å²) in [5.41, 5.74) is 0. The Morgan fingerprint density at radius 1 is 1.00 bits per heavy atom. The van der Waals surface area contributed by atoms with E-state index >= 15 is 0 Å². The topological polar surface area (TPSA) is 86.2 Å². The zero-order chi connectivity index (χ0) is 4.50. The van der Waals surface area contributed by atoms with Crippen LogP contribution in [-0.2, 0) is 4.57 Å². The van der Waals surface area contributed by atoms with Gasteiger partial charge >= 0.3 is 47.8 Å². The summed E-state index contributed by atoms with van der Waals surface area (Å²) in [5.74, 6) is 0. The normalized spacial score (nSPS) is 7.38. The summed E-state index contributed by atoms with van der Waals surface area (Å²) in [4.78, 5) is 25.6. The summed E-state index contributed by atoms with van der Waals surface area (Å²) >= 11 is 0. The Hall–Kier alpha value is 2.00. The van der Waals surface area contributed by atoms with Gasteiger partial charge in [0.2, 0.25) is 0 Å². The molecular weight excluding hydrogens is 368 g/mol. The Labute approximate surface area is 86.6 Å². The average molecular weight is 368 g/mol. The van der Waals surface area contributed by atoms with Crippen LogP contribution in [0.1, 0.15) is 0 Å². The van der Waals surface area contributed by atoms with Crippen molar-refractivity contribution in [2.45, 2.75) is 0 Å². The van der Waals surface area contributed by atoms with Crippen molar-refractivity contribution in [2.75, 3.05) is 0 Å². The summed E-state index contributed by atoms with van der Waals surface area (Å²) in [6.45, 7) is 0. The maximum Gasteiger partial charge on any atom is 2.00 e. The van der Waals surface area contributed by atoms with Crippen molar-refractivity contribution < 1.29 is 31.7 Å². The van der Waals surface area contributed by atoms with Crippen LogP contribution < -0.4 is 27.1 Å². The first-order valence-electron chi connectivity index (χ1n) is 0.730. The van der Waals surface area contributed by atoms with E-state index in [9.17, 15) is 0 Å². The van der Waals surface area contributed by atoms with Crippen molar-refractivity contribution in [2.24, 2.45) is 0 Å². The molecule has 0 N–H and O–H groups in total. The number of halogens is 1. The minimum absolute atomic E-state index is 0. The van der Waals surface area contributed by atoms with Crippen molar-refractivity contribution in [3.63, 3.8) is 0 Å². The number of hydrogen-bond donors (Lipinski definition) is 0. The van der Waals surface area contributed by atoms with Gasteiger partial charge in [-0.05, 0) is 0 Å². The maximum atomic E-state index is 8.55. The molecule has 44 valence electrons. The molecule has 0 aliphatic heterocycles. The molecule has 0 amide bonds. The number of hydrogen-bond acceptors (Lipinski definition) is 4. The van der Waals surface area contributed by atoms with Gasteiger partial charge in [-0.2, -0.15) is 7.82 Å². The second kappa shape index (κ2) is 9.00. The van der Waals surface area contributed by atoms with Gasteiger partial charge in [0.15, 0.2) is 0 Å². The Morgan fingerprint density at radius 3 is 1.00 bits per heavy atom. The van der Waals surface area contributed by atoms with E-state index in [0.717, 1.165) is 0 Å². The van der Waals surface area contributed by atoms with Crippen molar-refractivity contribution in [3.05, 3.63) is 0 Å². The summed E-state index contributed by atoms with van der Waals surface area (Å²) in [6.07, 6.45) is 0. The van der Waals surface area contributed by atoms with Crippen LogP contribution in [0.5, 0.6) is 0 Å². The van der Waals surface area contributed by atoms with Crippen LogP contribution in [0.25, 0.3) is 0 Å². The van der Waals surface area contributed by atoms with Crippen LogP contribution in [0.2, 0.25) is 0 Å². The molecule has 0 fully saturated rings. The molecule has 0 saturated carbocycles. The largest absolute Gasteiger partial charge is 2.00 e. The van der Waals surface area contributed by atoms with Gasteiger partial charge in [0, 0.05) is 0 Å². The van der Waals surface area contributed by atoms with E-state index < -0.39 is 7.82 Å². The predicted octanol–water partition coefficient (Wildman–Crippen LogP) is -6.58. The number of phosphoric acid groups is 1. The average Bonchev–Trinajstić information content (AvgIpc) is 0.722. The summed E-state index contributed by atoms with van der Waals surface area (Å²) < 4.78 is 8.55. The molecule has 8 heteroatoms. The quantitative estimate of drug-likeness (QED) is 0.315. The Kier molecular flexibility index (Phi) is 25.3. The van der Waals surface area contributed by atoms with Crippen LogP contribution in [0.4, 0.5) is 0 Å². The molecule has 4 radical (unpaired) electrons. The van der Waals surface area contributed by atoms with Gasteiger partial charge in [0.25, 0.3) is 0 Å². The van der Waals surface area contributed by atoms with Gasteiger partial charge in [0.1, 0.15) is 0 Å². The van der Waals surface area contributed by atoms with Gasteiger partial charge < -0.3 is 31.7 Å². The molecule has 0 atom stereocenters. The fourth-order valence-corrected chi connectivity index (χ4v) is 0. The third-order valence-electron chi connectivity index (χ3n) is 0. The second-order valence-electron chi connectivity index (χ2n) is 0.447. The van der Waals surface area contributed by atoms with E-state index in [-0.39, 0.29) is 60.2 Å². The molecule has 4 nitrogen and oxygen atoms in total. The minimum Gasteiger partial charge on any atom is -1.00 e. The summed E-state index contributed by atoms with van der Waals surface area (Å²) in [5, 5.41) is 0. The van der Waals surface area contributed by atoms with E-state index in [4.69, 9.17) is 19.2 Å². The predicted molar refractivity (Wildman–Crippen MR) is 19.1 cm³/mol. The molecule has 0 rings (SSSR count). The Bertz CT molecular complexity index is 60.2. The van der Waals surface area contributed by atoms with E-state index in [1.54, 1.807) is 0 Å². The molecule has 8 heavy (non-hydrogen) atoms. The zero-order valence-electron chi connectivity index (χ0n) is 3.46. The van der Waals surface area contributed by atoms with E-state index in [0.29, 0.717) is 0 Å². The van der Waals surface area contributed by atoms with Crippen molar-refractivity contribution in [1.82, 2.24) is 0 Å². The van der Waals surface area contributed by atoms with E-state index in [1.807, 2.05) is 0 Å². The SMILES string of the molecule is O=P([O-])([O-])[O-].[Cl-].[Sn+2].[Sn+2]. The molecule has 0 aliphatic carbocycles. The molecule has 0 aromatic rings.